The van der Waals surface area contributed by atoms with Gasteiger partial charge in [-0.2, -0.15) is 0 Å². The summed E-state index contributed by atoms with van der Waals surface area (Å²) in [7, 11) is 0. The number of amides is 1. The van der Waals surface area contributed by atoms with E-state index < -0.39 is 5.97 Å². The molecule has 0 aliphatic carbocycles. The molecular formula is C21H24N2O4. The average molecular weight is 368 g/mol. The van der Waals surface area contributed by atoms with Crippen LogP contribution in [0.3, 0.4) is 0 Å². The number of benzene rings is 1. The number of rotatable bonds is 6. The number of carbonyl (C=O) groups excluding carboxylic acids is 1. The zero-order valence-corrected chi connectivity index (χ0v) is 15.4. The third-order valence-electron chi connectivity index (χ3n) is 4.96. The number of piperidine rings is 1. The van der Waals surface area contributed by atoms with Crippen LogP contribution in [0.2, 0.25) is 0 Å². The number of hydrogen-bond donors (Lipinski definition) is 1. The molecule has 2 atom stereocenters. The van der Waals surface area contributed by atoms with Gasteiger partial charge in [0.15, 0.2) is 0 Å². The monoisotopic (exact) mass is 368 g/mol. The fourth-order valence-corrected chi connectivity index (χ4v) is 3.42. The summed E-state index contributed by atoms with van der Waals surface area (Å²) < 4.78 is 5.79. The summed E-state index contributed by atoms with van der Waals surface area (Å²) in [5.41, 5.74) is 1.87. The van der Waals surface area contributed by atoms with Crippen molar-refractivity contribution in [2.75, 3.05) is 13.1 Å². The molecule has 142 valence electrons. The van der Waals surface area contributed by atoms with Crippen LogP contribution in [0.25, 0.3) is 0 Å². The number of ether oxygens (including phenoxy) is 1. The molecule has 2 aromatic rings. The van der Waals surface area contributed by atoms with E-state index in [0.717, 1.165) is 11.1 Å². The molecule has 1 aromatic heterocycles. The molecule has 0 saturated carbocycles. The van der Waals surface area contributed by atoms with Crippen molar-refractivity contribution in [3.8, 4) is 5.75 Å². The maximum atomic E-state index is 12.6. The second kappa shape index (κ2) is 8.66. The van der Waals surface area contributed by atoms with Crippen molar-refractivity contribution in [2.24, 2.45) is 11.8 Å². The Kier molecular flexibility index (Phi) is 6.06. The SMILES string of the molecule is CC1CN(C(=O)Cc2cccc(OCc3cccnc3)c2)CCC1C(=O)O. The van der Waals surface area contributed by atoms with Crippen molar-refractivity contribution in [3.05, 3.63) is 59.9 Å². The predicted octanol–water partition coefficient (Wildman–Crippen LogP) is 2.77. The molecule has 1 aliphatic heterocycles. The molecule has 0 radical (unpaired) electrons. The highest BCUT2D eigenvalue weighted by atomic mass is 16.5. The normalized spacial score (nSPS) is 19.5. The number of likely N-dealkylation sites (tertiary alicyclic amines) is 1. The first-order valence-electron chi connectivity index (χ1n) is 9.14. The molecule has 1 saturated heterocycles. The van der Waals surface area contributed by atoms with Crippen molar-refractivity contribution in [1.82, 2.24) is 9.88 Å². The smallest absolute Gasteiger partial charge is 0.306 e. The lowest BCUT2D eigenvalue weighted by Gasteiger charge is -2.35. The Morgan fingerprint density at radius 1 is 1.26 bits per heavy atom. The highest BCUT2D eigenvalue weighted by Crippen LogP contribution is 2.24. The Labute approximate surface area is 158 Å². The number of carbonyl (C=O) groups is 2. The minimum absolute atomic E-state index is 0.0232. The molecule has 2 heterocycles. The Morgan fingerprint density at radius 3 is 2.78 bits per heavy atom. The van der Waals surface area contributed by atoms with E-state index in [9.17, 15) is 14.7 Å². The Hall–Kier alpha value is -2.89. The van der Waals surface area contributed by atoms with Crippen molar-refractivity contribution >= 4 is 11.9 Å². The minimum atomic E-state index is -0.770. The van der Waals surface area contributed by atoms with Crippen LogP contribution in [0.5, 0.6) is 5.75 Å². The van der Waals surface area contributed by atoms with Gasteiger partial charge in [0.05, 0.1) is 12.3 Å². The molecule has 1 N–H and O–H groups in total. The minimum Gasteiger partial charge on any atom is -0.489 e. The van der Waals surface area contributed by atoms with Gasteiger partial charge >= 0.3 is 5.97 Å². The van der Waals surface area contributed by atoms with Crippen LogP contribution in [-0.2, 0) is 22.6 Å². The molecule has 1 aromatic carbocycles. The molecule has 0 bridgehead atoms. The largest absolute Gasteiger partial charge is 0.489 e. The van der Waals surface area contributed by atoms with Crippen molar-refractivity contribution in [1.29, 1.82) is 0 Å². The van der Waals surface area contributed by atoms with Crippen molar-refractivity contribution < 1.29 is 19.4 Å². The van der Waals surface area contributed by atoms with Gasteiger partial charge in [0.25, 0.3) is 0 Å². The van der Waals surface area contributed by atoms with E-state index >= 15 is 0 Å². The third kappa shape index (κ3) is 5.06. The Balaban J connectivity index is 1.56. The van der Waals surface area contributed by atoms with E-state index in [0.29, 0.717) is 31.9 Å². The highest BCUT2D eigenvalue weighted by molar-refractivity contribution is 5.79. The van der Waals surface area contributed by atoms with Gasteiger partial charge in [0.2, 0.25) is 5.91 Å². The first-order chi connectivity index (χ1) is 13.0. The van der Waals surface area contributed by atoms with Gasteiger partial charge in [0.1, 0.15) is 12.4 Å². The number of carboxylic acids is 1. The standard InChI is InChI=1S/C21H24N2O4/c1-15-13-23(9-7-19(15)21(25)26)20(24)11-16-4-2-6-18(10-16)27-14-17-5-3-8-22-12-17/h2-6,8,10,12,15,19H,7,9,11,13-14H2,1H3,(H,25,26). The van der Waals surface area contributed by atoms with Crippen LogP contribution in [0.4, 0.5) is 0 Å². The van der Waals surface area contributed by atoms with E-state index in [-0.39, 0.29) is 24.2 Å². The maximum absolute atomic E-state index is 12.6. The molecule has 1 aliphatic rings. The summed E-state index contributed by atoms with van der Waals surface area (Å²) in [4.78, 5) is 29.7. The van der Waals surface area contributed by atoms with E-state index in [1.807, 2.05) is 43.3 Å². The Bertz CT molecular complexity index is 794. The summed E-state index contributed by atoms with van der Waals surface area (Å²) in [5.74, 6) is -0.433. The van der Waals surface area contributed by atoms with Gasteiger partial charge in [-0.15, -0.1) is 0 Å². The lowest BCUT2D eigenvalue weighted by molar-refractivity contribution is -0.148. The maximum Gasteiger partial charge on any atom is 0.306 e. The average Bonchev–Trinajstić information content (AvgIpc) is 2.67. The van der Waals surface area contributed by atoms with Crippen LogP contribution < -0.4 is 4.74 Å². The van der Waals surface area contributed by atoms with Crippen LogP contribution in [0.15, 0.2) is 48.8 Å². The molecule has 1 fully saturated rings. The van der Waals surface area contributed by atoms with Gasteiger partial charge in [0, 0.05) is 31.0 Å². The van der Waals surface area contributed by atoms with Gasteiger partial charge in [-0.25, -0.2) is 0 Å². The van der Waals surface area contributed by atoms with Gasteiger partial charge in [-0.1, -0.05) is 25.1 Å². The van der Waals surface area contributed by atoms with Gasteiger partial charge in [-0.05, 0) is 36.1 Å². The zero-order valence-electron chi connectivity index (χ0n) is 15.4. The highest BCUT2D eigenvalue weighted by Gasteiger charge is 2.32. The number of aliphatic carboxylic acids is 1. The van der Waals surface area contributed by atoms with Crippen LogP contribution in [0.1, 0.15) is 24.5 Å². The van der Waals surface area contributed by atoms with E-state index in [4.69, 9.17) is 4.74 Å². The number of hydrogen-bond acceptors (Lipinski definition) is 4. The Morgan fingerprint density at radius 2 is 2.07 bits per heavy atom. The lowest BCUT2D eigenvalue weighted by Crippen LogP contribution is -2.45. The second-order valence-corrected chi connectivity index (χ2v) is 7.02. The summed E-state index contributed by atoms with van der Waals surface area (Å²) in [6.45, 7) is 3.31. The van der Waals surface area contributed by atoms with E-state index in [2.05, 4.69) is 4.98 Å². The van der Waals surface area contributed by atoms with Crippen molar-refractivity contribution in [2.45, 2.75) is 26.4 Å². The quantitative estimate of drug-likeness (QED) is 0.848. The lowest BCUT2D eigenvalue weighted by atomic mass is 9.87. The molecule has 6 nitrogen and oxygen atoms in total. The fraction of sp³-hybridized carbons (Fsp3) is 0.381. The number of pyridine rings is 1. The predicted molar refractivity (Wildman–Crippen MR) is 100 cm³/mol. The van der Waals surface area contributed by atoms with Crippen LogP contribution in [-0.4, -0.2) is 40.0 Å². The number of nitrogens with zero attached hydrogens (tertiary/aromatic N) is 2. The second-order valence-electron chi connectivity index (χ2n) is 7.02. The van der Waals surface area contributed by atoms with E-state index in [1.54, 1.807) is 17.3 Å². The molecule has 27 heavy (non-hydrogen) atoms. The summed E-state index contributed by atoms with van der Waals surface area (Å²) in [5, 5.41) is 9.21. The van der Waals surface area contributed by atoms with E-state index in [1.165, 1.54) is 0 Å². The summed E-state index contributed by atoms with van der Waals surface area (Å²) in [6.07, 6.45) is 4.27. The molecule has 3 rings (SSSR count). The van der Waals surface area contributed by atoms with Crippen LogP contribution >= 0.6 is 0 Å². The van der Waals surface area contributed by atoms with Gasteiger partial charge < -0.3 is 14.7 Å². The first kappa shape index (κ1) is 18.9. The molecule has 2 unspecified atom stereocenters. The molecule has 1 amide bonds. The molecular weight excluding hydrogens is 344 g/mol. The number of aromatic nitrogens is 1. The third-order valence-corrected chi connectivity index (χ3v) is 4.96. The molecule has 0 spiro atoms. The topological polar surface area (TPSA) is 79.7 Å². The fourth-order valence-electron chi connectivity index (χ4n) is 3.42. The van der Waals surface area contributed by atoms with Crippen molar-refractivity contribution in [3.63, 3.8) is 0 Å². The summed E-state index contributed by atoms with van der Waals surface area (Å²) in [6, 6.07) is 11.3. The number of carboxylic acid groups (broad SMARTS) is 1. The zero-order chi connectivity index (χ0) is 19.2. The first-order valence-corrected chi connectivity index (χ1v) is 9.14. The summed E-state index contributed by atoms with van der Waals surface area (Å²) >= 11 is 0. The van der Waals surface area contributed by atoms with Gasteiger partial charge in [-0.3, -0.25) is 14.6 Å². The molecule has 6 heteroatoms. The van der Waals surface area contributed by atoms with Crippen LogP contribution in [0, 0.1) is 11.8 Å².